The first-order valence-corrected chi connectivity index (χ1v) is 7.69. The van der Waals surface area contributed by atoms with Crippen LogP contribution in [0.4, 0.5) is 0 Å². The van der Waals surface area contributed by atoms with Crippen molar-refractivity contribution < 1.29 is 9.32 Å². The largest absolute Gasteiger partial charge is 0.339 e. The topological polar surface area (TPSA) is 59.2 Å². The van der Waals surface area contributed by atoms with Crippen LogP contribution in [0.1, 0.15) is 41.7 Å². The number of carbonyl (C=O) groups is 1. The molecule has 7 heteroatoms. The Kier molecular flexibility index (Phi) is 5.14. The monoisotopic (exact) mass is 313 g/mol. The molecule has 5 nitrogen and oxygen atoms in total. The zero-order valence-corrected chi connectivity index (χ0v) is 13.0. The van der Waals surface area contributed by atoms with Gasteiger partial charge in [0.05, 0.1) is 15.8 Å². The molecule has 2 aromatic rings. The van der Waals surface area contributed by atoms with Crippen LogP contribution in [0, 0.1) is 0 Å². The number of rotatable bonds is 6. The Labute approximate surface area is 126 Å². The molecule has 0 atom stereocenters. The quantitative estimate of drug-likeness (QED) is 0.820. The molecular weight excluding hydrogens is 298 g/mol. The fourth-order valence-corrected chi connectivity index (χ4v) is 2.76. The van der Waals surface area contributed by atoms with Crippen LogP contribution in [0.25, 0.3) is 0 Å². The molecular formula is C13H16ClN3O2S. The van der Waals surface area contributed by atoms with Gasteiger partial charge in [-0.15, -0.1) is 11.3 Å². The average molecular weight is 314 g/mol. The molecule has 2 heterocycles. The van der Waals surface area contributed by atoms with E-state index in [0.29, 0.717) is 34.0 Å². The van der Waals surface area contributed by atoms with Crippen molar-refractivity contribution in [2.75, 3.05) is 6.54 Å². The molecule has 0 bridgehead atoms. The van der Waals surface area contributed by atoms with Crippen molar-refractivity contribution in [1.29, 1.82) is 0 Å². The van der Waals surface area contributed by atoms with Crippen LogP contribution in [0.5, 0.6) is 0 Å². The first kappa shape index (κ1) is 15.0. The highest BCUT2D eigenvalue weighted by atomic mass is 35.5. The number of hydrogen-bond acceptors (Lipinski definition) is 5. The van der Waals surface area contributed by atoms with E-state index >= 15 is 0 Å². The Hall–Kier alpha value is -1.40. The maximum atomic E-state index is 12.3. The Morgan fingerprint density at radius 1 is 1.45 bits per heavy atom. The first-order chi connectivity index (χ1) is 9.63. The van der Waals surface area contributed by atoms with Crippen molar-refractivity contribution >= 4 is 28.8 Å². The van der Waals surface area contributed by atoms with Crippen molar-refractivity contribution in [3.63, 3.8) is 0 Å². The third-order valence-corrected chi connectivity index (χ3v) is 3.98. The van der Waals surface area contributed by atoms with E-state index in [9.17, 15) is 4.79 Å². The summed E-state index contributed by atoms with van der Waals surface area (Å²) in [7, 11) is 0. The van der Waals surface area contributed by atoms with Crippen molar-refractivity contribution in [1.82, 2.24) is 15.0 Å². The summed E-state index contributed by atoms with van der Waals surface area (Å²) in [6.07, 6.45) is 1.71. The number of halogens is 1. The van der Waals surface area contributed by atoms with Gasteiger partial charge in [-0.05, 0) is 25.5 Å². The molecule has 0 aliphatic carbocycles. The zero-order chi connectivity index (χ0) is 14.5. The summed E-state index contributed by atoms with van der Waals surface area (Å²) in [4.78, 5) is 18.9. The Bertz CT molecular complexity index is 582. The van der Waals surface area contributed by atoms with Crippen LogP contribution in [0.2, 0.25) is 4.34 Å². The minimum absolute atomic E-state index is 0.0637. The fraction of sp³-hybridized carbons (Fsp3) is 0.462. The second-order valence-corrected chi connectivity index (χ2v) is 5.99. The van der Waals surface area contributed by atoms with Gasteiger partial charge in [0.2, 0.25) is 5.89 Å². The summed E-state index contributed by atoms with van der Waals surface area (Å²) in [5.41, 5.74) is 0. The maximum absolute atomic E-state index is 12.3. The summed E-state index contributed by atoms with van der Waals surface area (Å²) in [6.45, 7) is 4.89. The normalized spacial score (nSPS) is 10.8. The smallest absolute Gasteiger partial charge is 0.264 e. The molecule has 2 aromatic heterocycles. The van der Waals surface area contributed by atoms with Gasteiger partial charge in [0.15, 0.2) is 5.82 Å². The van der Waals surface area contributed by atoms with Crippen LogP contribution in [0.15, 0.2) is 16.7 Å². The molecule has 2 rings (SSSR count). The highest BCUT2D eigenvalue weighted by molar-refractivity contribution is 7.17. The van der Waals surface area contributed by atoms with Crippen LogP contribution in [0.3, 0.4) is 0 Å². The molecule has 0 radical (unpaired) electrons. The van der Waals surface area contributed by atoms with Crippen molar-refractivity contribution in [3.05, 3.63) is 33.1 Å². The molecule has 0 fully saturated rings. The van der Waals surface area contributed by atoms with E-state index in [0.717, 1.165) is 12.8 Å². The highest BCUT2D eigenvalue weighted by Crippen LogP contribution is 2.23. The second-order valence-electron chi connectivity index (χ2n) is 4.28. The van der Waals surface area contributed by atoms with E-state index < -0.39 is 0 Å². The number of aryl methyl sites for hydroxylation is 1. The van der Waals surface area contributed by atoms with Gasteiger partial charge in [-0.25, -0.2) is 0 Å². The van der Waals surface area contributed by atoms with Gasteiger partial charge in [0.25, 0.3) is 5.91 Å². The minimum atomic E-state index is -0.0637. The molecule has 20 heavy (non-hydrogen) atoms. The van der Waals surface area contributed by atoms with Gasteiger partial charge in [0, 0.05) is 13.0 Å². The first-order valence-electron chi connectivity index (χ1n) is 6.50. The molecule has 0 spiro atoms. The van der Waals surface area contributed by atoms with Crippen molar-refractivity contribution in [3.8, 4) is 0 Å². The van der Waals surface area contributed by atoms with Gasteiger partial charge in [-0.2, -0.15) is 4.98 Å². The number of hydrogen-bond donors (Lipinski definition) is 0. The number of aromatic nitrogens is 2. The van der Waals surface area contributed by atoms with Crippen molar-refractivity contribution in [2.45, 2.75) is 33.2 Å². The Balaban J connectivity index is 2.06. The van der Waals surface area contributed by atoms with Gasteiger partial charge in [0.1, 0.15) is 0 Å². The molecule has 0 aromatic carbocycles. The number of carbonyl (C=O) groups excluding carboxylic acids is 1. The molecule has 0 saturated heterocycles. The summed E-state index contributed by atoms with van der Waals surface area (Å²) in [5.74, 6) is 1.09. The Morgan fingerprint density at radius 2 is 2.25 bits per heavy atom. The molecule has 0 aliphatic heterocycles. The third-order valence-electron chi connectivity index (χ3n) is 2.76. The standard InChI is InChI=1S/C13H16ClN3O2S/c1-3-5-12-15-11(16-19-12)8-17(4-2)13(18)9-6-7-10(14)20-9/h6-7H,3-5,8H2,1-2H3. The fourth-order valence-electron chi connectivity index (χ4n) is 1.75. The predicted octanol–water partition coefficient (Wildman–Crippen LogP) is 3.40. The maximum Gasteiger partial charge on any atom is 0.264 e. The van der Waals surface area contributed by atoms with Gasteiger partial charge in [-0.1, -0.05) is 23.7 Å². The molecule has 1 amide bonds. The molecule has 0 N–H and O–H groups in total. The average Bonchev–Trinajstić information content (AvgIpc) is 3.05. The van der Waals surface area contributed by atoms with E-state index in [2.05, 4.69) is 10.1 Å². The summed E-state index contributed by atoms with van der Waals surface area (Å²) in [5, 5.41) is 3.90. The second kappa shape index (κ2) is 6.85. The highest BCUT2D eigenvalue weighted by Gasteiger charge is 2.18. The number of amides is 1. The molecule has 0 unspecified atom stereocenters. The SMILES string of the molecule is CCCc1nc(CN(CC)C(=O)c2ccc(Cl)s2)no1. The lowest BCUT2D eigenvalue weighted by Crippen LogP contribution is -2.30. The van der Waals surface area contributed by atoms with Crippen LogP contribution in [-0.2, 0) is 13.0 Å². The van der Waals surface area contributed by atoms with E-state index in [-0.39, 0.29) is 5.91 Å². The number of nitrogens with zero attached hydrogens (tertiary/aromatic N) is 3. The lowest BCUT2D eigenvalue weighted by Gasteiger charge is -2.17. The van der Waals surface area contributed by atoms with Gasteiger partial charge < -0.3 is 9.42 Å². The zero-order valence-electron chi connectivity index (χ0n) is 11.4. The van der Waals surface area contributed by atoms with Gasteiger partial charge >= 0.3 is 0 Å². The third kappa shape index (κ3) is 3.58. The molecule has 108 valence electrons. The predicted molar refractivity (Wildman–Crippen MR) is 78.0 cm³/mol. The molecule has 0 saturated carbocycles. The summed E-state index contributed by atoms with van der Waals surface area (Å²) >= 11 is 7.13. The van der Waals surface area contributed by atoms with E-state index in [1.807, 2.05) is 13.8 Å². The summed E-state index contributed by atoms with van der Waals surface area (Å²) < 4.78 is 5.73. The summed E-state index contributed by atoms with van der Waals surface area (Å²) in [6, 6.07) is 3.46. The Morgan fingerprint density at radius 3 is 2.85 bits per heavy atom. The molecule has 0 aliphatic rings. The number of thiophene rings is 1. The lowest BCUT2D eigenvalue weighted by atomic mass is 10.3. The lowest BCUT2D eigenvalue weighted by molar-refractivity contribution is 0.0752. The van der Waals surface area contributed by atoms with E-state index in [1.165, 1.54) is 11.3 Å². The minimum Gasteiger partial charge on any atom is -0.339 e. The van der Waals surface area contributed by atoms with E-state index in [4.69, 9.17) is 16.1 Å². The van der Waals surface area contributed by atoms with Crippen LogP contribution >= 0.6 is 22.9 Å². The van der Waals surface area contributed by atoms with Crippen LogP contribution < -0.4 is 0 Å². The van der Waals surface area contributed by atoms with Crippen molar-refractivity contribution in [2.24, 2.45) is 0 Å². The van der Waals surface area contributed by atoms with E-state index in [1.54, 1.807) is 17.0 Å². The van der Waals surface area contributed by atoms with Crippen LogP contribution in [-0.4, -0.2) is 27.5 Å². The van der Waals surface area contributed by atoms with Gasteiger partial charge in [-0.3, -0.25) is 4.79 Å².